The normalized spacial score (nSPS) is 10.3. The molecule has 1 amide bonds. The fourth-order valence-corrected chi connectivity index (χ4v) is 2.51. The number of anilines is 1. The van der Waals surface area contributed by atoms with Gasteiger partial charge in [0, 0.05) is 16.8 Å². The second-order valence-electron chi connectivity index (χ2n) is 5.99. The van der Waals surface area contributed by atoms with Gasteiger partial charge in [-0.25, -0.2) is 13.6 Å². The van der Waals surface area contributed by atoms with Crippen LogP contribution in [0.2, 0.25) is 0 Å². The summed E-state index contributed by atoms with van der Waals surface area (Å²) in [6, 6.07) is 17.5. The number of hydrogen-bond donors (Lipinski definition) is 1. The van der Waals surface area contributed by atoms with Crippen LogP contribution >= 0.6 is 0 Å². The van der Waals surface area contributed by atoms with Crippen LogP contribution in [0.3, 0.4) is 0 Å². The smallest absolute Gasteiger partial charge is 0.344 e. The lowest BCUT2D eigenvalue weighted by atomic mass is 10.1. The van der Waals surface area contributed by atoms with Crippen LogP contribution in [-0.4, -0.2) is 24.3 Å². The minimum atomic E-state index is -1.26. The van der Waals surface area contributed by atoms with Crippen molar-refractivity contribution in [2.24, 2.45) is 0 Å². The number of benzene rings is 3. The molecule has 0 spiro atoms. The Morgan fingerprint density at radius 1 is 0.759 bits per heavy atom. The van der Waals surface area contributed by atoms with Crippen molar-refractivity contribution in [1.29, 1.82) is 0 Å². The highest BCUT2D eigenvalue weighted by molar-refractivity contribution is 6.05. The van der Waals surface area contributed by atoms with Crippen LogP contribution in [-0.2, 0) is 4.74 Å². The maximum Gasteiger partial charge on any atom is 0.344 e. The Balaban J connectivity index is 1.59. The van der Waals surface area contributed by atoms with Gasteiger partial charge in [-0.15, -0.1) is 0 Å². The number of ether oxygens (including phenoxy) is 1. The number of Topliss-reactive ketones (excluding diaryl/α,β-unsaturated/α-hetero) is 1. The number of esters is 1. The zero-order valence-electron chi connectivity index (χ0n) is 15.0. The summed E-state index contributed by atoms with van der Waals surface area (Å²) < 4.78 is 31.8. The van der Waals surface area contributed by atoms with Crippen molar-refractivity contribution in [3.63, 3.8) is 0 Å². The van der Waals surface area contributed by atoms with E-state index in [4.69, 9.17) is 4.74 Å². The van der Waals surface area contributed by atoms with Crippen molar-refractivity contribution in [3.8, 4) is 0 Å². The van der Waals surface area contributed by atoms with Gasteiger partial charge in [0.15, 0.2) is 12.4 Å². The van der Waals surface area contributed by atoms with Gasteiger partial charge in [0.05, 0.1) is 0 Å². The van der Waals surface area contributed by atoms with Crippen LogP contribution in [0, 0.1) is 11.6 Å². The number of amides is 1. The van der Waals surface area contributed by atoms with Gasteiger partial charge in [-0.3, -0.25) is 9.59 Å². The van der Waals surface area contributed by atoms with Crippen molar-refractivity contribution in [1.82, 2.24) is 0 Å². The number of nitrogens with one attached hydrogen (secondary N) is 1. The van der Waals surface area contributed by atoms with Crippen LogP contribution in [0.25, 0.3) is 0 Å². The minimum Gasteiger partial charge on any atom is -0.454 e. The summed E-state index contributed by atoms with van der Waals surface area (Å²) in [6.07, 6.45) is 0. The Labute approximate surface area is 164 Å². The molecule has 7 heteroatoms. The van der Waals surface area contributed by atoms with Crippen molar-refractivity contribution >= 4 is 23.3 Å². The third kappa shape index (κ3) is 4.90. The first-order valence-corrected chi connectivity index (χ1v) is 8.56. The summed E-state index contributed by atoms with van der Waals surface area (Å²) in [4.78, 5) is 36.1. The highest BCUT2D eigenvalue weighted by Crippen LogP contribution is 2.15. The van der Waals surface area contributed by atoms with Crippen LogP contribution in [0.4, 0.5) is 14.5 Å². The summed E-state index contributed by atoms with van der Waals surface area (Å²) in [7, 11) is 0. The molecule has 0 aromatic heterocycles. The molecule has 0 fully saturated rings. The topological polar surface area (TPSA) is 72.5 Å². The molecule has 0 aliphatic heterocycles. The van der Waals surface area contributed by atoms with Gasteiger partial charge in [0.1, 0.15) is 17.2 Å². The molecule has 0 saturated heterocycles. The average molecular weight is 395 g/mol. The Kier molecular flexibility index (Phi) is 6.09. The van der Waals surface area contributed by atoms with E-state index >= 15 is 0 Å². The predicted molar refractivity (Wildman–Crippen MR) is 102 cm³/mol. The van der Waals surface area contributed by atoms with E-state index in [1.165, 1.54) is 24.3 Å². The van der Waals surface area contributed by atoms with Crippen molar-refractivity contribution < 1.29 is 27.9 Å². The number of ketones is 1. The molecule has 146 valence electrons. The fourth-order valence-electron chi connectivity index (χ4n) is 2.51. The lowest BCUT2D eigenvalue weighted by Gasteiger charge is -2.08. The van der Waals surface area contributed by atoms with E-state index in [1.54, 1.807) is 30.3 Å². The predicted octanol–water partition coefficient (Wildman–Crippen LogP) is 4.26. The minimum absolute atomic E-state index is 0.213. The summed E-state index contributed by atoms with van der Waals surface area (Å²) >= 11 is 0. The number of halogens is 2. The number of carbonyl (C=O) groups is 3. The maximum atomic E-state index is 13.6. The lowest BCUT2D eigenvalue weighted by molar-refractivity contribution is 0.0465. The highest BCUT2D eigenvalue weighted by atomic mass is 19.1. The molecule has 1 N–H and O–H groups in total. The zero-order chi connectivity index (χ0) is 20.8. The van der Waals surface area contributed by atoms with E-state index < -0.39 is 35.6 Å². The zero-order valence-corrected chi connectivity index (χ0v) is 15.0. The molecule has 0 heterocycles. The van der Waals surface area contributed by atoms with Crippen molar-refractivity contribution in [3.05, 3.63) is 101 Å². The average Bonchev–Trinajstić information content (AvgIpc) is 2.73. The molecule has 3 rings (SSSR count). The Bertz CT molecular complexity index is 1030. The molecule has 0 aliphatic carbocycles. The second kappa shape index (κ2) is 8.88. The number of hydrogen-bond acceptors (Lipinski definition) is 4. The second-order valence-corrected chi connectivity index (χ2v) is 5.99. The number of rotatable bonds is 6. The van der Waals surface area contributed by atoms with Crippen LogP contribution < -0.4 is 5.32 Å². The largest absolute Gasteiger partial charge is 0.454 e. The van der Waals surface area contributed by atoms with E-state index in [2.05, 4.69) is 5.32 Å². The van der Waals surface area contributed by atoms with Gasteiger partial charge in [0.2, 0.25) is 0 Å². The van der Waals surface area contributed by atoms with Crippen LogP contribution in [0.1, 0.15) is 31.1 Å². The van der Waals surface area contributed by atoms with Crippen LogP contribution in [0.5, 0.6) is 0 Å². The van der Waals surface area contributed by atoms with Crippen molar-refractivity contribution in [2.75, 3.05) is 11.9 Å². The summed E-state index contributed by atoms with van der Waals surface area (Å²) in [5.74, 6) is -4.26. The van der Waals surface area contributed by atoms with E-state index in [0.29, 0.717) is 11.3 Å². The third-order valence-electron chi connectivity index (χ3n) is 4.00. The van der Waals surface area contributed by atoms with E-state index in [9.17, 15) is 23.2 Å². The van der Waals surface area contributed by atoms with Gasteiger partial charge < -0.3 is 10.1 Å². The molecule has 29 heavy (non-hydrogen) atoms. The van der Waals surface area contributed by atoms with E-state index in [0.717, 1.165) is 18.2 Å². The fraction of sp³-hybridized carbons (Fsp3) is 0.0455. The van der Waals surface area contributed by atoms with Gasteiger partial charge in [-0.1, -0.05) is 24.3 Å². The van der Waals surface area contributed by atoms with E-state index in [-0.39, 0.29) is 11.5 Å². The molecular weight excluding hydrogens is 380 g/mol. The molecule has 5 nitrogen and oxygen atoms in total. The number of carbonyl (C=O) groups excluding carboxylic acids is 3. The summed E-state index contributed by atoms with van der Waals surface area (Å²) in [5.41, 5.74) is 0.324. The SMILES string of the molecule is O=C(COC(=O)c1c(F)cccc1F)c1ccc(NC(=O)c2ccccc2)cc1. The van der Waals surface area contributed by atoms with Gasteiger partial charge in [-0.05, 0) is 48.5 Å². The summed E-state index contributed by atoms with van der Waals surface area (Å²) in [6.45, 7) is -0.678. The van der Waals surface area contributed by atoms with Crippen molar-refractivity contribution in [2.45, 2.75) is 0 Å². The molecule has 0 atom stereocenters. The van der Waals surface area contributed by atoms with Crippen LogP contribution in [0.15, 0.2) is 72.8 Å². The molecule has 0 unspecified atom stereocenters. The lowest BCUT2D eigenvalue weighted by Crippen LogP contribution is -2.16. The molecule has 0 radical (unpaired) electrons. The first-order chi connectivity index (χ1) is 14.0. The Hall–Kier alpha value is -3.87. The molecule has 3 aromatic rings. The van der Waals surface area contributed by atoms with E-state index in [1.807, 2.05) is 0 Å². The molecule has 0 bridgehead atoms. The monoisotopic (exact) mass is 395 g/mol. The first-order valence-electron chi connectivity index (χ1n) is 8.56. The van der Waals surface area contributed by atoms with Gasteiger partial charge in [-0.2, -0.15) is 0 Å². The third-order valence-corrected chi connectivity index (χ3v) is 4.00. The Morgan fingerprint density at radius 2 is 1.38 bits per heavy atom. The maximum absolute atomic E-state index is 13.6. The first kappa shape index (κ1) is 19.9. The summed E-state index contributed by atoms with van der Waals surface area (Å²) in [5, 5.41) is 2.69. The molecule has 0 aliphatic rings. The molecule has 3 aromatic carbocycles. The molecule has 0 saturated carbocycles. The quantitative estimate of drug-likeness (QED) is 0.500. The standard InChI is InChI=1S/C22H15F2NO4/c23-17-7-4-8-18(24)20(17)22(28)29-13-19(26)14-9-11-16(12-10-14)25-21(27)15-5-2-1-3-6-15/h1-12H,13H2,(H,25,27). The molecular formula is C22H15F2NO4. The van der Waals surface area contributed by atoms with Gasteiger partial charge in [0.25, 0.3) is 5.91 Å². The highest BCUT2D eigenvalue weighted by Gasteiger charge is 2.20. The Morgan fingerprint density at radius 3 is 2.00 bits per heavy atom. The van der Waals surface area contributed by atoms with Gasteiger partial charge >= 0.3 is 5.97 Å².